The average Bonchev–Trinajstić information content (AvgIpc) is 2.20. The molecule has 0 aliphatic rings. The highest BCUT2D eigenvalue weighted by Gasteiger charge is 2.28. The van der Waals surface area contributed by atoms with E-state index in [-0.39, 0.29) is 4.47 Å². The molecule has 1 unspecified atom stereocenters. The highest BCUT2D eigenvalue weighted by Crippen LogP contribution is 2.25. The van der Waals surface area contributed by atoms with Crippen LogP contribution in [0.3, 0.4) is 0 Å². The Labute approximate surface area is 113 Å². The first-order chi connectivity index (χ1) is 8.12. The number of hydrogen-bond acceptors (Lipinski definition) is 2. The summed E-state index contributed by atoms with van der Waals surface area (Å²) in [5, 5.41) is 2.18. The van der Waals surface area contributed by atoms with Gasteiger partial charge >= 0.3 is 0 Å². The normalized spacial score (nSPS) is 13.3. The molecule has 0 heterocycles. The van der Waals surface area contributed by atoms with Gasteiger partial charge in [-0.15, -0.1) is 0 Å². The fourth-order valence-corrected chi connectivity index (χ4v) is 1.66. The van der Waals surface area contributed by atoms with Crippen LogP contribution < -0.4 is 11.1 Å². The van der Waals surface area contributed by atoms with Gasteiger partial charge in [-0.25, -0.2) is 8.78 Å². The van der Waals surface area contributed by atoms with E-state index < -0.39 is 34.7 Å². The molecule has 0 radical (unpaired) electrons. The summed E-state index contributed by atoms with van der Waals surface area (Å²) in [6, 6.07) is 1.28. The second-order valence-electron chi connectivity index (χ2n) is 5.08. The summed E-state index contributed by atoms with van der Waals surface area (Å²) in [7, 11) is 0. The van der Waals surface area contributed by atoms with Gasteiger partial charge in [0, 0.05) is 4.47 Å². The smallest absolute Gasteiger partial charge is 0.241 e. The van der Waals surface area contributed by atoms with E-state index in [1.54, 1.807) is 20.8 Å². The summed E-state index contributed by atoms with van der Waals surface area (Å²) >= 11 is 2.96. The Morgan fingerprint density at radius 1 is 1.33 bits per heavy atom. The molecule has 3 N–H and O–H groups in total. The van der Waals surface area contributed by atoms with Crippen LogP contribution >= 0.6 is 15.9 Å². The molecule has 6 heteroatoms. The second kappa shape index (κ2) is 5.32. The van der Waals surface area contributed by atoms with E-state index in [0.717, 1.165) is 12.1 Å². The highest BCUT2D eigenvalue weighted by atomic mass is 79.9. The van der Waals surface area contributed by atoms with Crippen molar-refractivity contribution in [1.29, 1.82) is 0 Å². The Morgan fingerprint density at radius 2 is 1.78 bits per heavy atom. The number of carbonyl (C=O) groups is 1. The third-order valence-electron chi connectivity index (χ3n) is 2.47. The van der Waals surface area contributed by atoms with Gasteiger partial charge in [0.15, 0.2) is 11.6 Å². The first-order valence-corrected chi connectivity index (χ1v) is 6.13. The van der Waals surface area contributed by atoms with Gasteiger partial charge in [0.2, 0.25) is 5.91 Å². The zero-order valence-electron chi connectivity index (χ0n) is 10.4. The number of rotatable bonds is 2. The molecule has 1 aromatic rings. The maximum absolute atomic E-state index is 13.5. The van der Waals surface area contributed by atoms with Gasteiger partial charge in [0.25, 0.3) is 0 Å². The lowest BCUT2D eigenvalue weighted by atomic mass is 9.87. The van der Waals surface area contributed by atoms with Crippen molar-refractivity contribution in [2.45, 2.75) is 26.8 Å². The Kier molecular flexibility index (Phi) is 4.45. The standard InChI is InChI=1S/C12H15BrF2N2O/c1-12(2,3)10(16)11(18)17-9-7(14)4-6(13)5-8(9)15/h4-5,10H,16H2,1-3H3,(H,17,18). The van der Waals surface area contributed by atoms with Crippen molar-refractivity contribution >= 4 is 27.5 Å². The van der Waals surface area contributed by atoms with Crippen LogP contribution in [0.15, 0.2) is 16.6 Å². The van der Waals surface area contributed by atoms with E-state index in [0.29, 0.717) is 0 Å². The zero-order chi connectivity index (χ0) is 14.1. The van der Waals surface area contributed by atoms with E-state index in [1.165, 1.54) is 0 Å². The van der Waals surface area contributed by atoms with Crippen LogP contribution in [-0.2, 0) is 4.79 Å². The summed E-state index contributed by atoms with van der Waals surface area (Å²) in [5.41, 5.74) is 4.73. The van der Waals surface area contributed by atoms with Gasteiger partial charge in [0.1, 0.15) is 5.69 Å². The van der Waals surface area contributed by atoms with Crippen LogP contribution in [0.4, 0.5) is 14.5 Å². The molecule has 1 rings (SSSR count). The molecule has 3 nitrogen and oxygen atoms in total. The zero-order valence-corrected chi connectivity index (χ0v) is 11.9. The van der Waals surface area contributed by atoms with Crippen LogP contribution in [0.1, 0.15) is 20.8 Å². The number of nitrogens with two attached hydrogens (primary N) is 1. The highest BCUT2D eigenvalue weighted by molar-refractivity contribution is 9.10. The second-order valence-corrected chi connectivity index (χ2v) is 5.99. The number of benzene rings is 1. The van der Waals surface area contributed by atoms with E-state index >= 15 is 0 Å². The quantitative estimate of drug-likeness (QED) is 0.880. The van der Waals surface area contributed by atoms with Crippen molar-refractivity contribution in [3.05, 3.63) is 28.2 Å². The summed E-state index contributed by atoms with van der Waals surface area (Å²) in [5.74, 6) is -2.32. The molecule has 0 spiro atoms. The molecule has 1 amide bonds. The molecule has 0 bridgehead atoms. The van der Waals surface area contributed by atoms with Crippen molar-refractivity contribution in [1.82, 2.24) is 0 Å². The Balaban J connectivity index is 2.96. The fraction of sp³-hybridized carbons (Fsp3) is 0.417. The predicted octanol–water partition coefficient (Wildman–Crippen LogP) is 3.04. The molecule has 100 valence electrons. The van der Waals surface area contributed by atoms with Crippen molar-refractivity contribution in [2.75, 3.05) is 5.32 Å². The molecular weight excluding hydrogens is 306 g/mol. The average molecular weight is 321 g/mol. The number of anilines is 1. The van der Waals surface area contributed by atoms with Crippen molar-refractivity contribution in [2.24, 2.45) is 11.1 Å². The molecule has 0 saturated heterocycles. The van der Waals surface area contributed by atoms with Gasteiger partial charge in [-0.2, -0.15) is 0 Å². The number of nitrogens with one attached hydrogen (secondary N) is 1. The fourth-order valence-electron chi connectivity index (χ4n) is 1.26. The molecule has 0 aliphatic heterocycles. The van der Waals surface area contributed by atoms with Gasteiger partial charge < -0.3 is 11.1 Å². The molecule has 0 saturated carbocycles. The summed E-state index contributed by atoms with van der Waals surface area (Å²) in [6.45, 7) is 5.31. The van der Waals surface area contributed by atoms with E-state index in [1.807, 2.05) is 0 Å². The number of carbonyl (C=O) groups excluding carboxylic acids is 1. The summed E-state index contributed by atoms with van der Waals surface area (Å²) in [4.78, 5) is 11.8. The van der Waals surface area contributed by atoms with Crippen LogP contribution in [0.5, 0.6) is 0 Å². The number of amides is 1. The van der Waals surface area contributed by atoms with Crippen LogP contribution in [0.25, 0.3) is 0 Å². The third-order valence-corrected chi connectivity index (χ3v) is 2.93. The minimum Gasteiger partial charge on any atom is -0.320 e. The van der Waals surface area contributed by atoms with Gasteiger partial charge in [-0.1, -0.05) is 36.7 Å². The predicted molar refractivity (Wildman–Crippen MR) is 70.1 cm³/mol. The maximum Gasteiger partial charge on any atom is 0.241 e. The number of hydrogen-bond donors (Lipinski definition) is 2. The van der Waals surface area contributed by atoms with Gasteiger partial charge in [0.05, 0.1) is 6.04 Å². The van der Waals surface area contributed by atoms with E-state index in [9.17, 15) is 13.6 Å². The van der Waals surface area contributed by atoms with Crippen molar-refractivity contribution in [3.63, 3.8) is 0 Å². The van der Waals surface area contributed by atoms with Crippen LogP contribution in [0, 0.1) is 17.0 Å². The lowest BCUT2D eigenvalue weighted by Crippen LogP contribution is -2.45. The number of halogens is 3. The largest absolute Gasteiger partial charge is 0.320 e. The molecule has 0 aromatic heterocycles. The van der Waals surface area contributed by atoms with E-state index in [4.69, 9.17) is 5.73 Å². The first-order valence-electron chi connectivity index (χ1n) is 5.34. The summed E-state index contributed by atoms with van der Waals surface area (Å²) in [6.07, 6.45) is 0. The monoisotopic (exact) mass is 320 g/mol. The molecule has 0 fully saturated rings. The Bertz CT molecular complexity index is 449. The van der Waals surface area contributed by atoms with Crippen LogP contribution in [0.2, 0.25) is 0 Å². The minimum absolute atomic E-state index is 0.260. The van der Waals surface area contributed by atoms with Gasteiger partial charge in [-0.3, -0.25) is 4.79 Å². The maximum atomic E-state index is 13.5. The lowest BCUT2D eigenvalue weighted by molar-refractivity contribution is -0.119. The molecular formula is C12H15BrF2N2O. The van der Waals surface area contributed by atoms with Crippen molar-refractivity contribution in [3.8, 4) is 0 Å². The molecule has 1 atom stereocenters. The first kappa shape index (κ1) is 15.0. The lowest BCUT2D eigenvalue weighted by Gasteiger charge is -2.25. The summed E-state index contributed by atoms with van der Waals surface area (Å²) < 4.78 is 27.3. The SMILES string of the molecule is CC(C)(C)C(N)C(=O)Nc1c(F)cc(Br)cc1F. The Morgan fingerprint density at radius 3 is 2.17 bits per heavy atom. The molecule has 0 aliphatic carbocycles. The molecule has 1 aromatic carbocycles. The topological polar surface area (TPSA) is 55.1 Å². The minimum atomic E-state index is -0.861. The Hall–Kier alpha value is -1.01. The van der Waals surface area contributed by atoms with Crippen LogP contribution in [-0.4, -0.2) is 11.9 Å². The van der Waals surface area contributed by atoms with Crippen molar-refractivity contribution < 1.29 is 13.6 Å². The van der Waals surface area contributed by atoms with E-state index in [2.05, 4.69) is 21.2 Å². The van der Waals surface area contributed by atoms with Gasteiger partial charge in [-0.05, 0) is 17.5 Å². The molecule has 18 heavy (non-hydrogen) atoms. The third kappa shape index (κ3) is 3.49.